The Morgan fingerprint density at radius 2 is 1.81 bits per heavy atom. The van der Waals surface area contributed by atoms with E-state index in [1.165, 1.54) is 13.2 Å². The number of hydrogen-bond acceptors (Lipinski definition) is 9. The molecule has 2 aromatic heterocycles. The van der Waals surface area contributed by atoms with Crippen molar-refractivity contribution in [1.82, 2.24) is 15.4 Å². The molecule has 10 nitrogen and oxygen atoms in total. The van der Waals surface area contributed by atoms with Crippen LogP contribution in [0.4, 0.5) is 6.01 Å². The van der Waals surface area contributed by atoms with Gasteiger partial charge in [0.15, 0.2) is 0 Å². The summed E-state index contributed by atoms with van der Waals surface area (Å²) in [4.78, 5) is 13.7. The van der Waals surface area contributed by atoms with Gasteiger partial charge < -0.3 is 28.4 Å². The SMILES string of the molecule is COc1cc(-c2nnc(N3[C@@H]4CC[C@H]3CC(OCc3c(-c5c(Cl)cccc5Cl)noc3C3CC3)C4)o2)ccc1C(=O)O. The van der Waals surface area contributed by atoms with Gasteiger partial charge in [-0.3, -0.25) is 0 Å². The van der Waals surface area contributed by atoms with Gasteiger partial charge in [0.25, 0.3) is 0 Å². The first-order valence-electron chi connectivity index (χ1n) is 14.0. The van der Waals surface area contributed by atoms with E-state index in [2.05, 4.69) is 20.3 Å². The fourth-order valence-electron chi connectivity index (χ4n) is 6.26. The van der Waals surface area contributed by atoms with E-state index in [0.717, 1.165) is 49.8 Å². The van der Waals surface area contributed by atoms with Crippen LogP contribution in [0.1, 0.15) is 66.1 Å². The molecule has 0 radical (unpaired) electrons. The quantitative estimate of drug-likeness (QED) is 0.212. The summed E-state index contributed by atoms with van der Waals surface area (Å²) in [6.45, 7) is 0.370. The van der Waals surface area contributed by atoms with Crippen LogP contribution in [0, 0.1) is 0 Å². The molecule has 0 spiro atoms. The third kappa shape index (κ3) is 4.91. The van der Waals surface area contributed by atoms with Gasteiger partial charge in [-0.25, -0.2) is 4.79 Å². The highest BCUT2D eigenvalue weighted by Gasteiger charge is 2.44. The monoisotopic (exact) mass is 610 g/mol. The fourth-order valence-corrected chi connectivity index (χ4v) is 6.84. The average molecular weight is 611 g/mol. The van der Waals surface area contributed by atoms with Crippen molar-refractivity contribution in [2.75, 3.05) is 12.0 Å². The minimum absolute atomic E-state index is 0.0467. The van der Waals surface area contributed by atoms with Crippen LogP contribution in [0.15, 0.2) is 45.3 Å². The van der Waals surface area contributed by atoms with E-state index in [0.29, 0.717) is 51.3 Å². The summed E-state index contributed by atoms with van der Waals surface area (Å²) in [7, 11) is 1.43. The van der Waals surface area contributed by atoms with Gasteiger partial charge >= 0.3 is 12.0 Å². The lowest BCUT2D eigenvalue weighted by molar-refractivity contribution is 0.0139. The van der Waals surface area contributed by atoms with Crippen LogP contribution in [0.25, 0.3) is 22.7 Å². The Kier molecular flexibility index (Phi) is 7.08. The van der Waals surface area contributed by atoms with Crippen LogP contribution in [0.5, 0.6) is 5.75 Å². The molecule has 1 saturated carbocycles. The molecule has 4 heterocycles. The maximum atomic E-state index is 11.4. The van der Waals surface area contributed by atoms with Crippen molar-refractivity contribution < 1.29 is 28.3 Å². The lowest BCUT2D eigenvalue weighted by Gasteiger charge is -2.37. The van der Waals surface area contributed by atoms with Crippen molar-refractivity contribution in [3.8, 4) is 28.5 Å². The highest BCUT2D eigenvalue weighted by Crippen LogP contribution is 2.47. The molecule has 3 fully saturated rings. The van der Waals surface area contributed by atoms with Gasteiger partial charge in [0.2, 0.25) is 5.89 Å². The van der Waals surface area contributed by atoms with E-state index in [9.17, 15) is 9.90 Å². The minimum atomic E-state index is -1.07. The van der Waals surface area contributed by atoms with Crippen LogP contribution in [-0.4, -0.2) is 51.7 Å². The summed E-state index contributed by atoms with van der Waals surface area (Å²) in [6.07, 6.45) is 5.84. The Morgan fingerprint density at radius 3 is 2.48 bits per heavy atom. The maximum absolute atomic E-state index is 11.4. The summed E-state index contributed by atoms with van der Waals surface area (Å²) in [5.74, 6) is 0.700. The number of nitrogens with zero attached hydrogens (tertiary/aromatic N) is 4. The Balaban J connectivity index is 1.07. The van der Waals surface area contributed by atoms with Gasteiger partial charge in [-0.05, 0) is 68.9 Å². The van der Waals surface area contributed by atoms with E-state index in [4.69, 9.17) is 41.6 Å². The molecule has 3 atom stereocenters. The summed E-state index contributed by atoms with van der Waals surface area (Å²) >= 11 is 13.0. The van der Waals surface area contributed by atoms with Crippen molar-refractivity contribution in [3.05, 3.63) is 63.3 Å². The maximum Gasteiger partial charge on any atom is 0.339 e. The zero-order valence-corrected chi connectivity index (χ0v) is 24.3. The van der Waals surface area contributed by atoms with Crippen LogP contribution in [0.2, 0.25) is 10.0 Å². The van der Waals surface area contributed by atoms with Crippen molar-refractivity contribution in [2.24, 2.45) is 0 Å². The standard InChI is InChI=1S/C30H28Cl2N4O6/c1-39-24-11-16(7-10-20(24)29(37)38)28-33-34-30(41-28)36-17-8-9-18(36)13-19(12-17)40-14-21-26(35-42-27(21)15-5-6-15)25-22(31)3-2-4-23(25)32/h2-4,7,10-11,15,17-19H,5-6,8-9,12-14H2,1H3,(H,37,38)/t17-,18+,19?. The first-order valence-corrected chi connectivity index (χ1v) is 14.7. The predicted molar refractivity (Wildman–Crippen MR) is 154 cm³/mol. The number of carboxylic acid groups (broad SMARTS) is 1. The molecule has 4 aromatic rings. The van der Waals surface area contributed by atoms with Gasteiger partial charge in [0.1, 0.15) is 22.8 Å². The molecule has 2 bridgehead atoms. The number of aromatic nitrogens is 3. The molecule has 2 saturated heterocycles. The molecule has 2 aliphatic heterocycles. The molecule has 12 heteroatoms. The molecule has 42 heavy (non-hydrogen) atoms. The van der Waals surface area contributed by atoms with Gasteiger partial charge in [-0.2, -0.15) is 0 Å². The second-order valence-electron chi connectivity index (χ2n) is 11.1. The summed E-state index contributed by atoms with van der Waals surface area (Å²) in [6, 6.07) is 11.0. The highest BCUT2D eigenvalue weighted by atomic mass is 35.5. The van der Waals surface area contributed by atoms with E-state index >= 15 is 0 Å². The molecule has 1 N–H and O–H groups in total. The van der Waals surface area contributed by atoms with Gasteiger partial charge in [0, 0.05) is 34.7 Å². The lowest BCUT2D eigenvalue weighted by Crippen LogP contribution is -2.45. The van der Waals surface area contributed by atoms with Crippen LogP contribution in [-0.2, 0) is 11.3 Å². The third-order valence-electron chi connectivity index (χ3n) is 8.43. The van der Waals surface area contributed by atoms with Gasteiger partial charge in [-0.1, -0.05) is 39.5 Å². The third-order valence-corrected chi connectivity index (χ3v) is 9.06. The Labute approximate surface area is 251 Å². The number of fused-ring (bicyclic) bond motifs is 2. The molecule has 7 rings (SSSR count). The predicted octanol–water partition coefficient (Wildman–Crippen LogP) is 7.00. The number of rotatable bonds is 9. The van der Waals surface area contributed by atoms with E-state index in [-0.39, 0.29) is 29.5 Å². The van der Waals surface area contributed by atoms with Gasteiger partial charge in [-0.15, -0.1) is 5.10 Å². The number of hydrogen-bond donors (Lipinski definition) is 1. The van der Waals surface area contributed by atoms with E-state index in [1.807, 2.05) is 6.07 Å². The number of carboxylic acids is 1. The molecule has 2 aromatic carbocycles. The van der Waals surface area contributed by atoms with Gasteiger partial charge in [0.05, 0.1) is 29.9 Å². The Bertz CT molecular complexity index is 1620. The topological polar surface area (TPSA) is 124 Å². The largest absolute Gasteiger partial charge is 0.496 e. The first kappa shape index (κ1) is 27.2. The van der Waals surface area contributed by atoms with Crippen molar-refractivity contribution in [1.29, 1.82) is 0 Å². The van der Waals surface area contributed by atoms with Crippen LogP contribution < -0.4 is 9.64 Å². The second kappa shape index (κ2) is 10.9. The molecule has 1 unspecified atom stereocenters. The molecule has 0 amide bonds. The van der Waals surface area contributed by atoms with Crippen molar-refractivity contribution >= 4 is 35.2 Å². The molecular weight excluding hydrogens is 583 g/mol. The Morgan fingerprint density at radius 1 is 1.07 bits per heavy atom. The number of piperidine rings is 1. The smallest absolute Gasteiger partial charge is 0.339 e. The number of methoxy groups -OCH3 is 1. The minimum Gasteiger partial charge on any atom is -0.496 e. The fraction of sp³-hybridized carbons (Fsp3) is 0.400. The summed E-state index contributed by atoms with van der Waals surface area (Å²) < 4.78 is 23.7. The summed E-state index contributed by atoms with van der Waals surface area (Å²) in [5, 5.41) is 23.4. The summed E-state index contributed by atoms with van der Waals surface area (Å²) in [5.41, 5.74) is 2.91. The zero-order chi connectivity index (χ0) is 29.0. The highest BCUT2D eigenvalue weighted by molar-refractivity contribution is 6.39. The van der Waals surface area contributed by atoms with E-state index in [1.54, 1.807) is 24.3 Å². The molecule has 3 aliphatic rings. The number of halogens is 2. The number of aromatic carboxylic acids is 1. The normalized spacial score (nSPS) is 21.6. The second-order valence-corrected chi connectivity index (χ2v) is 11.9. The number of carbonyl (C=O) groups is 1. The average Bonchev–Trinajstić information content (AvgIpc) is 3.45. The first-order chi connectivity index (χ1) is 20.4. The Hall–Kier alpha value is -3.60. The lowest BCUT2D eigenvalue weighted by atomic mass is 10.00. The van der Waals surface area contributed by atoms with Crippen molar-refractivity contribution in [3.63, 3.8) is 0 Å². The van der Waals surface area contributed by atoms with Crippen LogP contribution in [0.3, 0.4) is 0 Å². The van der Waals surface area contributed by atoms with Crippen LogP contribution >= 0.6 is 23.2 Å². The molecule has 1 aliphatic carbocycles. The molecule has 218 valence electrons. The zero-order valence-electron chi connectivity index (χ0n) is 22.8. The number of ether oxygens (including phenoxy) is 2. The van der Waals surface area contributed by atoms with E-state index < -0.39 is 5.97 Å². The van der Waals surface area contributed by atoms with Crippen molar-refractivity contribution in [2.45, 2.75) is 69.2 Å². The molecular formula is C30H28Cl2N4O6. The number of anilines is 1. The number of benzene rings is 2.